The number of azo groups is 1. The molecule has 46 heavy (non-hydrogen) atoms. The number of benzene rings is 6. The first kappa shape index (κ1) is 29.9. The summed E-state index contributed by atoms with van der Waals surface area (Å²) in [6.07, 6.45) is 0. The van der Waals surface area contributed by atoms with Gasteiger partial charge in [-0.2, -0.15) is 5.11 Å². The molecule has 6 aromatic rings. The Hall–Kier alpha value is -6.14. The molecule has 224 valence electrons. The highest BCUT2D eigenvalue weighted by molar-refractivity contribution is 6.02. The SMILES string of the molecule is O=C(Nc1ccc(N=Nc2ccccc2)c(NC(=O)C(c2ccccc2)c2ccccc2)c1)C(c1ccccc1)c1ccccc1. The summed E-state index contributed by atoms with van der Waals surface area (Å²) in [5.41, 5.74) is 5.55. The number of hydrogen-bond acceptors (Lipinski definition) is 4. The van der Waals surface area contributed by atoms with E-state index in [1.807, 2.05) is 152 Å². The second kappa shape index (κ2) is 14.6. The van der Waals surface area contributed by atoms with E-state index in [-0.39, 0.29) is 11.8 Å². The molecule has 0 bridgehead atoms. The maximum Gasteiger partial charge on any atom is 0.236 e. The van der Waals surface area contributed by atoms with Crippen LogP contribution in [0.5, 0.6) is 0 Å². The Labute approximate surface area is 268 Å². The monoisotopic (exact) mass is 600 g/mol. The summed E-state index contributed by atoms with van der Waals surface area (Å²) in [7, 11) is 0. The number of amides is 2. The van der Waals surface area contributed by atoms with E-state index in [1.165, 1.54) is 0 Å². The van der Waals surface area contributed by atoms with E-state index in [2.05, 4.69) is 20.9 Å². The molecule has 0 saturated carbocycles. The molecular weight excluding hydrogens is 568 g/mol. The number of rotatable bonds is 10. The number of hydrogen-bond donors (Lipinski definition) is 2. The lowest BCUT2D eigenvalue weighted by Crippen LogP contribution is -2.23. The first-order valence-corrected chi connectivity index (χ1v) is 15.1. The summed E-state index contributed by atoms with van der Waals surface area (Å²) in [5.74, 6) is -1.53. The van der Waals surface area contributed by atoms with Gasteiger partial charge in [-0.25, -0.2) is 0 Å². The van der Waals surface area contributed by atoms with E-state index in [0.29, 0.717) is 22.7 Å². The first-order chi connectivity index (χ1) is 22.7. The van der Waals surface area contributed by atoms with Crippen LogP contribution < -0.4 is 10.6 Å². The van der Waals surface area contributed by atoms with Gasteiger partial charge in [-0.1, -0.05) is 140 Å². The Kier molecular flexibility index (Phi) is 9.46. The van der Waals surface area contributed by atoms with Crippen LogP contribution >= 0.6 is 0 Å². The quantitative estimate of drug-likeness (QED) is 0.154. The predicted molar refractivity (Wildman–Crippen MR) is 184 cm³/mol. The average Bonchev–Trinajstić information content (AvgIpc) is 3.10. The molecule has 0 saturated heterocycles. The van der Waals surface area contributed by atoms with E-state index >= 15 is 0 Å². The largest absolute Gasteiger partial charge is 0.325 e. The molecule has 0 fully saturated rings. The number of carbonyl (C=O) groups excluding carboxylic acids is 2. The fraction of sp³-hybridized carbons (Fsp3) is 0.0500. The van der Waals surface area contributed by atoms with Crippen molar-refractivity contribution < 1.29 is 9.59 Å². The van der Waals surface area contributed by atoms with Gasteiger partial charge in [-0.3, -0.25) is 9.59 Å². The van der Waals surface area contributed by atoms with Crippen LogP contribution in [0.2, 0.25) is 0 Å². The molecule has 0 aliphatic heterocycles. The number of carbonyl (C=O) groups is 2. The van der Waals surface area contributed by atoms with Gasteiger partial charge in [-0.05, 0) is 52.6 Å². The van der Waals surface area contributed by atoms with Gasteiger partial charge in [0.1, 0.15) is 5.69 Å². The van der Waals surface area contributed by atoms with Crippen LogP contribution in [0.4, 0.5) is 22.7 Å². The maximum absolute atomic E-state index is 14.1. The zero-order valence-electron chi connectivity index (χ0n) is 25.0. The highest BCUT2D eigenvalue weighted by atomic mass is 16.2. The molecule has 0 radical (unpaired) electrons. The summed E-state index contributed by atoms with van der Waals surface area (Å²) >= 11 is 0. The van der Waals surface area contributed by atoms with Crippen molar-refractivity contribution in [2.24, 2.45) is 10.2 Å². The highest BCUT2D eigenvalue weighted by Gasteiger charge is 2.25. The van der Waals surface area contributed by atoms with Crippen molar-refractivity contribution in [2.45, 2.75) is 11.8 Å². The van der Waals surface area contributed by atoms with Crippen LogP contribution in [0.3, 0.4) is 0 Å². The second-order valence-electron chi connectivity index (χ2n) is 10.8. The lowest BCUT2D eigenvalue weighted by atomic mass is 9.90. The molecule has 0 aliphatic carbocycles. The number of anilines is 2. The van der Waals surface area contributed by atoms with Crippen LogP contribution in [0.25, 0.3) is 0 Å². The minimum atomic E-state index is -0.569. The van der Waals surface area contributed by atoms with Crippen molar-refractivity contribution in [3.63, 3.8) is 0 Å². The average molecular weight is 601 g/mol. The fourth-order valence-corrected chi connectivity index (χ4v) is 5.40. The third-order valence-corrected chi connectivity index (χ3v) is 7.61. The molecule has 0 unspecified atom stereocenters. The van der Waals surface area contributed by atoms with Crippen LogP contribution in [0, 0.1) is 0 Å². The highest BCUT2D eigenvalue weighted by Crippen LogP contribution is 2.34. The molecular formula is C40H32N4O2. The van der Waals surface area contributed by atoms with Gasteiger partial charge in [0.25, 0.3) is 0 Å². The van der Waals surface area contributed by atoms with E-state index in [4.69, 9.17) is 0 Å². The molecule has 2 N–H and O–H groups in total. The van der Waals surface area contributed by atoms with E-state index in [0.717, 1.165) is 22.3 Å². The molecule has 6 nitrogen and oxygen atoms in total. The Balaban J connectivity index is 1.35. The van der Waals surface area contributed by atoms with Crippen LogP contribution in [0.1, 0.15) is 34.1 Å². The van der Waals surface area contributed by atoms with Gasteiger partial charge in [-0.15, -0.1) is 5.11 Å². The normalized spacial score (nSPS) is 11.1. The van der Waals surface area contributed by atoms with E-state index in [1.54, 1.807) is 18.2 Å². The molecule has 0 aliphatic rings. The summed E-state index contributed by atoms with van der Waals surface area (Å²) < 4.78 is 0. The van der Waals surface area contributed by atoms with Crippen LogP contribution in [0.15, 0.2) is 180 Å². The summed E-state index contributed by atoms with van der Waals surface area (Å²) in [6, 6.07) is 53.3. The molecule has 0 spiro atoms. The molecule has 0 aromatic heterocycles. The zero-order valence-corrected chi connectivity index (χ0v) is 25.0. The van der Waals surface area contributed by atoms with Gasteiger partial charge in [0, 0.05) is 5.69 Å². The minimum Gasteiger partial charge on any atom is -0.325 e. The topological polar surface area (TPSA) is 82.9 Å². The summed E-state index contributed by atoms with van der Waals surface area (Å²) in [4.78, 5) is 28.0. The molecule has 0 heterocycles. The van der Waals surface area contributed by atoms with Crippen LogP contribution in [-0.2, 0) is 9.59 Å². The fourth-order valence-electron chi connectivity index (χ4n) is 5.40. The first-order valence-electron chi connectivity index (χ1n) is 15.1. The van der Waals surface area contributed by atoms with Crippen molar-refractivity contribution in [3.05, 3.63) is 192 Å². The van der Waals surface area contributed by atoms with Crippen molar-refractivity contribution in [3.8, 4) is 0 Å². The molecule has 6 rings (SSSR count). The standard InChI is InChI=1S/C40H32N4O2/c45-39(37(29-16-6-1-7-17-29)30-18-8-2-9-19-30)41-34-26-27-35(44-43-33-24-14-5-15-25-33)36(28-34)42-40(46)38(31-20-10-3-11-21-31)32-22-12-4-13-23-32/h1-28,37-38H,(H,41,45)(H,42,46). The Bertz CT molecular complexity index is 1840. The van der Waals surface area contributed by atoms with Crippen molar-refractivity contribution >= 4 is 34.6 Å². The smallest absolute Gasteiger partial charge is 0.236 e. The van der Waals surface area contributed by atoms with E-state index < -0.39 is 11.8 Å². The van der Waals surface area contributed by atoms with Gasteiger partial charge < -0.3 is 10.6 Å². The van der Waals surface area contributed by atoms with Crippen molar-refractivity contribution in [2.75, 3.05) is 10.6 Å². The summed E-state index contributed by atoms with van der Waals surface area (Å²) in [6.45, 7) is 0. The van der Waals surface area contributed by atoms with Gasteiger partial charge in [0.05, 0.1) is 23.2 Å². The summed E-state index contributed by atoms with van der Waals surface area (Å²) in [5, 5.41) is 15.1. The van der Waals surface area contributed by atoms with Gasteiger partial charge in [0.2, 0.25) is 11.8 Å². The van der Waals surface area contributed by atoms with Crippen molar-refractivity contribution in [1.29, 1.82) is 0 Å². The molecule has 0 atom stereocenters. The number of nitrogens with one attached hydrogen (secondary N) is 2. The maximum atomic E-state index is 14.1. The third kappa shape index (κ3) is 7.31. The van der Waals surface area contributed by atoms with E-state index in [9.17, 15) is 9.59 Å². The van der Waals surface area contributed by atoms with Gasteiger partial charge in [0.15, 0.2) is 0 Å². The lowest BCUT2D eigenvalue weighted by molar-refractivity contribution is -0.117. The number of nitrogens with zero attached hydrogens (tertiary/aromatic N) is 2. The van der Waals surface area contributed by atoms with Crippen molar-refractivity contribution in [1.82, 2.24) is 0 Å². The van der Waals surface area contributed by atoms with Gasteiger partial charge >= 0.3 is 0 Å². The third-order valence-electron chi connectivity index (χ3n) is 7.61. The lowest BCUT2D eigenvalue weighted by Gasteiger charge is -2.20. The molecule has 6 heteroatoms. The molecule has 2 amide bonds. The predicted octanol–water partition coefficient (Wildman–Crippen LogP) is 9.64. The molecule has 6 aromatic carbocycles. The van der Waals surface area contributed by atoms with Crippen LogP contribution in [-0.4, -0.2) is 11.8 Å². The second-order valence-corrected chi connectivity index (χ2v) is 10.8. The zero-order chi connectivity index (χ0) is 31.6. The Morgan fingerprint density at radius 1 is 0.435 bits per heavy atom. The Morgan fingerprint density at radius 2 is 0.826 bits per heavy atom. The Morgan fingerprint density at radius 3 is 1.26 bits per heavy atom. The minimum absolute atomic E-state index is 0.195.